The molecule has 0 amide bonds. The molecule has 0 N–H and O–H groups in total. The Kier molecular flexibility index (Phi) is 3.73. The highest BCUT2D eigenvalue weighted by atomic mass is 16.3. The second kappa shape index (κ2) is 6.40. The number of fused-ring (bicyclic) bond motifs is 3. The maximum absolute atomic E-state index is 5.67. The maximum atomic E-state index is 5.67. The third-order valence-corrected chi connectivity index (χ3v) is 5.00. The van der Waals surface area contributed by atoms with Crippen molar-refractivity contribution >= 4 is 5.71 Å². The zero-order valence-corrected chi connectivity index (χ0v) is 15.3. The van der Waals surface area contributed by atoms with Gasteiger partial charge in [-0.3, -0.25) is 9.56 Å². The van der Waals surface area contributed by atoms with Gasteiger partial charge in [0.05, 0.1) is 29.4 Å². The Hall–Kier alpha value is -3.84. The van der Waals surface area contributed by atoms with Crippen molar-refractivity contribution in [3.63, 3.8) is 0 Å². The highest BCUT2D eigenvalue weighted by Gasteiger charge is 2.27. The van der Waals surface area contributed by atoms with Crippen LogP contribution in [0.5, 0.6) is 0 Å². The third kappa shape index (κ3) is 2.49. The molecule has 1 atom stereocenters. The van der Waals surface area contributed by atoms with Gasteiger partial charge in [-0.15, -0.1) is 6.42 Å². The smallest absolute Gasteiger partial charge is 0.154 e. The third-order valence-electron chi connectivity index (χ3n) is 5.00. The molecule has 3 heterocycles. The van der Waals surface area contributed by atoms with E-state index >= 15 is 0 Å². The van der Waals surface area contributed by atoms with Crippen LogP contribution in [-0.4, -0.2) is 15.3 Å². The quantitative estimate of drug-likeness (QED) is 0.469. The standard InChI is InChI=1S/C24H17N3O/c1-3-17-11-12-20-19(14-17)22(18-8-5-4-6-9-18)26-16(2)24-23(25-15-27(20)24)21-10-7-13-28-21/h1,4-16H,2H3/t16-/m0/s1. The van der Waals surface area contributed by atoms with Gasteiger partial charge in [-0.05, 0) is 37.3 Å². The van der Waals surface area contributed by atoms with Crippen molar-refractivity contribution in [2.45, 2.75) is 13.0 Å². The highest BCUT2D eigenvalue weighted by molar-refractivity contribution is 6.15. The van der Waals surface area contributed by atoms with E-state index in [9.17, 15) is 0 Å². The summed E-state index contributed by atoms with van der Waals surface area (Å²) in [5, 5.41) is 0. The maximum Gasteiger partial charge on any atom is 0.154 e. The van der Waals surface area contributed by atoms with Crippen molar-refractivity contribution in [1.82, 2.24) is 9.55 Å². The Balaban J connectivity index is 1.81. The van der Waals surface area contributed by atoms with E-state index in [4.69, 9.17) is 15.8 Å². The minimum Gasteiger partial charge on any atom is -0.463 e. The Labute approximate surface area is 163 Å². The average Bonchev–Trinajstić information content (AvgIpc) is 3.39. The van der Waals surface area contributed by atoms with Crippen LogP contribution in [0.2, 0.25) is 0 Å². The average molecular weight is 363 g/mol. The van der Waals surface area contributed by atoms with Gasteiger partial charge >= 0.3 is 0 Å². The van der Waals surface area contributed by atoms with Crippen molar-refractivity contribution in [2.75, 3.05) is 0 Å². The van der Waals surface area contributed by atoms with E-state index in [2.05, 4.69) is 34.5 Å². The number of aromatic nitrogens is 2. The van der Waals surface area contributed by atoms with E-state index in [1.807, 2.05) is 54.9 Å². The Morgan fingerprint density at radius 1 is 1.07 bits per heavy atom. The number of rotatable bonds is 2. The summed E-state index contributed by atoms with van der Waals surface area (Å²) in [5.41, 5.74) is 6.61. The lowest BCUT2D eigenvalue weighted by Crippen LogP contribution is -2.07. The molecule has 0 unspecified atom stereocenters. The minimum atomic E-state index is -0.112. The van der Waals surface area contributed by atoms with Gasteiger partial charge < -0.3 is 4.42 Å². The lowest BCUT2D eigenvalue weighted by molar-refractivity contribution is 0.578. The molecule has 1 aliphatic rings. The van der Waals surface area contributed by atoms with Crippen molar-refractivity contribution < 1.29 is 4.42 Å². The zero-order valence-electron chi connectivity index (χ0n) is 15.3. The molecular weight excluding hydrogens is 346 g/mol. The molecule has 0 bridgehead atoms. The largest absolute Gasteiger partial charge is 0.463 e. The monoisotopic (exact) mass is 363 g/mol. The number of nitrogens with zero attached hydrogens (tertiary/aromatic N) is 3. The fourth-order valence-electron chi connectivity index (χ4n) is 3.73. The van der Waals surface area contributed by atoms with E-state index in [1.54, 1.807) is 6.26 Å². The molecule has 5 rings (SSSR count). The molecule has 134 valence electrons. The number of benzene rings is 2. The van der Waals surface area contributed by atoms with Crippen molar-refractivity contribution in [3.8, 4) is 29.5 Å². The summed E-state index contributed by atoms with van der Waals surface area (Å²) in [7, 11) is 0. The van der Waals surface area contributed by atoms with E-state index in [0.717, 1.165) is 45.2 Å². The predicted octanol–water partition coefficient (Wildman–Crippen LogP) is 5.03. The molecular formula is C24H17N3O. The van der Waals surface area contributed by atoms with E-state index in [0.29, 0.717) is 0 Å². The van der Waals surface area contributed by atoms with Crippen LogP contribution in [-0.2, 0) is 0 Å². The molecule has 0 fully saturated rings. The van der Waals surface area contributed by atoms with Gasteiger partial charge in [-0.2, -0.15) is 0 Å². The number of terminal acetylenes is 1. The molecule has 2 aromatic carbocycles. The molecule has 1 aliphatic heterocycles. The second-order valence-electron chi connectivity index (χ2n) is 6.72. The summed E-state index contributed by atoms with van der Waals surface area (Å²) in [4.78, 5) is 9.72. The fourth-order valence-corrected chi connectivity index (χ4v) is 3.73. The molecule has 4 heteroatoms. The van der Waals surface area contributed by atoms with Gasteiger partial charge in [-0.25, -0.2) is 4.98 Å². The molecule has 4 aromatic rings. The minimum absolute atomic E-state index is 0.112. The van der Waals surface area contributed by atoms with Crippen LogP contribution in [0, 0.1) is 12.3 Å². The van der Waals surface area contributed by atoms with Gasteiger partial charge in [0.15, 0.2) is 5.76 Å². The Bertz CT molecular complexity index is 1220. The van der Waals surface area contributed by atoms with Crippen LogP contribution in [0.25, 0.3) is 17.1 Å². The first-order valence-corrected chi connectivity index (χ1v) is 9.12. The van der Waals surface area contributed by atoms with Gasteiger partial charge in [-0.1, -0.05) is 36.3 Å². The summed E-state index contributed by atoms with van der Waals surface area (Å²) in [5.74, 6) is 3.47. The lowest BCUT2D eigenvalue weighted by Gasteiger charge is -2.12. The number of furan rings is 1. The molecule has 2 aromatic heterocycles. The Morgan fingerprint density at radius 3 is 2.68 bits per heavy atom. The number of hydrogen-bond donors (Lipinski definition) is 0. The topological polar surface area (TPSA) is 43.3 Å². The molecule has 28 heavy (non-hydrogen) atoms. The summed E-state index contributed by atoms with van der Waals surface area (Å²) >= 11 is 0. The van der Waals surface area contributed by atoms with E-state index in [-0.39, 0.29) is 6.04 Å². The fraction of sp³-hybridized carbons (Fsp3) is 0.0833. The highest BCUT2D eigenvalue weighted by Crippen LogP contribution is 2.36. The van der Waals surface area contributed by atoms with Crippen molar-refractivity contribution in [1.29, 1.82) is 0 Å². The first-order chi connectivity index (χ1) is 13.8. The van der Waals surface area contributed by atoms with E-state index < -0.39 is 0 Å². The Morgan fingerprint density at radius 2 is 1.93 bits per heavy atom. The normalized spacial score (nSPS) is 15.1. The summed E-state index contributed by atoms with van der Waals surface area (Å²) < 4.78 is 7.71. The van der Waals surface area contributed by atoms with Gasteiger partial charge in [0, 0.05) is 16.7 Å². The molecule has 0 aliphatic carbocycles. The number of imidazole rings is 1. The molecule has 0 saturated heterocycles. The first kappa shape index (κ1) is 16.3. The lowest BCUT2D eigenvalue weighted by atomic mass is 9.98. The van der Waals surface area contributed by atoms with Crippen LogP contribution in [0.4, 0.5) is 0 Å². The summed E-state index contributed by atoms with van der Waals surface area (Å²) in [6.07, 6.45) is 9.17. The molecule has 0 spiro atoms. The predicted molar refractivity (Wildman–Crippen MR) is 110 cm³/mol. The van der Waals surface area contributed by atoms with Crippen molar-refractivity contribution in [2.24, 2.45) is 4.99 Å². The van der Waals surface area contributed by atoms with Crippen LogP contribution in [0.1, 0.15) is 35.3 Å². The number of hydrogen-bond acceptors (Lipinski definition) is 3. The van der Waals surface area contributed by atoms with Gasteiger partial charge in [0.25, 0.3) is 0 Å². The van der Waals surface area contributed by atoms with Gasteiger partial charge in [0.2, 0.25) is 0 Å². The molecule has 4 nitrogen and oxygen atoms in total. The number of aliphatic imine (C=N–C) groups is 1. The molecule has 0 saturated carbocycles. The van der Waals surface area contributed by atoms with Crippen LogP contribution >= 0.6 is 0 Å². The zero-order chi connectivity index (χ0) is 19.1. The van der Waals surface area contributed by atoms with Gasteiger partial charge in [0.1, 0.15) is 12.0 Å². The SMILES string of the molecule is C#Cc1ccc2c(c1)C(c1ccccc1)=N[C@@H](C)c1c(-c3ccco3)ncn1-2. The summed E-state index contributed by atoms with van der Waals surface area (Å²) in [6.45, 7) is 2.08. The van der Waals surface area contributed by atoms with E-state index in [1.165, 1.54) is 0 Å². The van der Waals surface area contributed by atoms with Crippen molar-refractivity contribution in [3.05, 3.63) is 95.6 Å². The second-order valence-corrected chi connectivity index (χ2v) is 6.72. The molecule has 0 radical (unpaired) electrons. The summed E-state index contributed by atoms with van der Waals surface area (Å²) in [6, 6.07) is 19.9. The van der Waals surface area contributed by atoms with Crippen LogP contribution < -0.4 is 0 Å². The first-order valence-electron chi connectivity index (χ1n) is 9.12. The van der Waals surface area contributed by atoms with Crippen LogP contribution in [0.15, 0.2) is 82.7 Å². The van der Waals surface area contributed by atoms with Crippen LogP contribution in [0.3, 0.4) is 0 Å².